The van der Waals surface area contributed by atoms with Crippen molar-refractivity contribution in [3.8, 4) is 0 Å². The summed E-state index contributed by atoms with van der Waals surface area (Å²) in [7, 11) is 1.30. The quantitative estimate of drug-likeness (QED) is 0.560. The number of carbonyl (C=O) groups excluding carboxylic acids is 3. The first-order valence-electron chi connectivity index (χ1n) is 10.8. The minimum Gasteiger partial charge on any atom is -0.465 e. The highest BCUT2D eigenvalue weighted by Gasteiger charge is 2.19. The van der Waals surface area contributed by atoms with Gasteiger partial charge in [0.25, 0.3) is 5.91 Å². The van der Waals surface area contributed by atoms with E-state index in [9.17, 15) is 14.4 Å². The summed E-state index contributed by atoms with van der Waals surface area (Å²) in [5.41, 5.74) is 2.43. The zero-order valence-corrected chi connectivity index (χ0v) is 18.6. The highest BCUT2D eigenvalue weighted by Crippen LogP contribution is 2.24. The number of benzene rings is 2. The number of nitrogens with zero attached hydrogens (tertiary/aromatic N) is 1. The topological polar surface area (TPSA) is 95.9 Å². The molecular weight excluding hydrogens is 424 g/mol. The molecule has 2 aromatic carbocycles. The minimum atomic E-state index is -0.519. The van der Waals surface area contributed by atoms with Crippen LogP contribution in [0.5, 0.6) is 0 Å². The van der Waals surface area contributed by atoms with Gasteiger partial charge in [0.2, 0.25) is 5.91 Å². The summed E-state index contributed by atoms with van der Waals surface area (Å²) in [6, 6.07) is 12.2. The Labute approximate surface area is 191 Å². The summed E-state index contributed by atoms with van der Waals surface area (Å²) in [5, 5.41) is 3.50. The molecule has 1 N–H and O–H groups in total. The predicted octanol–water partition coefficient (Wildman–Crippen LogP) is 4.38. The standard InChI is InChI=1S/C25H26N2O6/c1-16(28)27-14-21(20-7-3-4-8-22(20)27)24(29)26-19-12-17(11-18(13-19)25(30)31-2)15-33-23-9-5-6-10-32-23/h3-4,7-8,11-14,23H,5-6,9-10,15H2,1-2H3,(H,26,29). The van der Waals surface area contributed by atoms with Crippen molar-refractivity contribution in [1.82, 2.24) is 4.57 Å². The third kappa shape index (κ3) is 5.13. The van der Waals surface area contributed by atoms with Crippen LogP contribution in [0.1, 0.15) is 57.3 Å². The van der Waals surface area contributed by atoms with Gasteiger partial charge in [-0.25, -0.2) is 4.79 Å². The summed E-state index contributed by atoms with van der Waals surface area (Å²) in [6.45, 7) is 2.33. The van der Waals surface area contributed by atoms with Crippen LogP contribution < -0.4 is 5.32 Å². The first-order chi connectivity index (χ1) is 16.0. The number of esters is 1. The SMILES string of the molecule is COC(=O)c1cc(COC2CCCCO2)cc(NC(=O)c2cn(C(C)=O)c3ccccc23)c1. The molecule has 1 aromatic heterocycles. The smallest absolute Gasteiger partial charge is 0.337 e. The van der Waals surface area contributed by atoms with Crippen molar-refractivity contribution < 1.29 is 28.6 Å². The van der Waals surface area contributed by atoms with E-state index < -0.39 is 11.9 Å². The number of methoxy groups -OCH3 is 1. The summed E-state index contributed by atoms with van der Waals surface area (Å²) < 4.78 is 17.7. The van der Waals surface area contributed by atoms with Gasteiger partial charge in [-0.3, -0.25) is 14.2 Å². The van der Waals surface area contributed by atoms with E-state index in [1.807, 2.05) is 12.1 Å². The van der Waals surface area contributed by atoms with E-state index in [1.54, 1.807) is 30.3 Å². The third-order valence-corrected chi connectivity index (χ3v) is 5.54. The van der Waals surface area contributed by atoms with Crippen molar-refractivity contribution in [3.63, 3.8) is 0 Å². The van der Waals surface area contributed by atoms with Crippen molar-refractivity contribution in [1.29, 1.82) is 0 Å². The second-order valence-corrected chi connectivity index (χ2v) is 7.92. The van der Waals surface area contributed by atoms with Gasteiger partial charge in [0.1, 0.15) is 0 Å². The Morgan fingerprint density at radius 2 is 1.97 bits per heavy atom. The van der Waals surface area contributed by atoms with E-state index in [4.69, 9.17) is 14.2 Å². The second-order valence-electron chi connectivity index (χ2n) is 7.92. The molecule has 0 saturated carbocycles. The van der Waals surface area contributed by atoms with E-state index in [-0.39, 0.29) is 18.8 Å². The van der Waals surface area contributed by atoms with Crippen LogP contribution >= 0.6 is 0 Å². The number of para-hydroxylation sites is 1. The zero-order chi connectivity index (χ0) is 23.4. The van der Waals surface area contributed by atoms with Gasteiger partial charge in [-0.15, -0.1) is 0 Å². The number of rotatable bonds is 6. The summed E-state index contributed by atoms with van der Waals surface area (Å²) in [6.07, 6.45) is 4.13. The monoisotopic (exact) mass is 450 g/mol. The first-order valence-corrected chi connectivity index (χ1v) is 10.8. The molecule has 172 valence electrons. The Morgan fingerprint density at radius 1 is 1.15 bits per heavy atom. The molecule has 8 nitrogen and oxygen atoms in total. The Hall–Kier alpha value is -3.49. The average molecular weight is 450 g/mol. The Balaban J connectivity index is 1.60. The Kier molecular flexibility index (Phi) is 6.86. The maximum Gasteiger partial charge on any atom is 0.337 e. The van der Waals surface area contributed by atoms with Crippen LogP contribution in [0.25, 0.3) is 10.9 Å². The maximum absolute atomic E-state index is 13.1. The molecule has 1 fully saturated rings. The van der Waals surface area contributed by atoms with Crippen LogP contribution in [-0.2, 0) is 20.8 Å². The molecule has 4 rings (SSSR count). The number of anilines is 1. The van der Waals surface area contributed by atoms with E-state index in [0.717, 1.165) is 19.3 Å². The fraction of sp³-hybridized carbons (Fsp3) is 0.320. The fourth-order valence-electron chi connectivity index (χ4n) is 3.93. The van der Waals surface area contributed by atoms with Gasteiger partial charge in [0.05, 0.1) is 30.4 Å². The first kappa shape index (κ1) is 22.7. The number of hydrogen-bond acceptors (Lipinski definition) is 6. The van der Waals surface area contributed by atoms with Crippen molar-refractivity contribution in [3.05, 3.63) is 65.4 Å². The number of amides is 1. The number of carbonyl (C=O) groups is 3. The van der Waals surface area contributed by atoms with E-state index in [1.165, 1.54) is 24.8 Å². The molecule has 0 radical (unpaired) electrons. The molecule has 1 atom stereocenters. The third-order valence-electron chi connectivity index (χ3n) is 5.54. The number of fused-ring (bicyclic) bond motifs is 1. The zero-order valence-electron chi connectivity index (χ0n) is 18.6. The van der Waals surface area contributed by atoms with Crippen LogP contribution in [0.2, 0.25) is 0 Å². The molecule has 0 aliphatic carbocycles. The Morgan fingerprint density at radius 3 is 2.70 bits per heavy atom. The highest BCUT2D eigenvalue weighted by atomic mass is 16.7. The molecule has 0 bridgehead atoms. The summed E-state index contributed by atoms with van der Waals surface area (Å²) in [4.78, 5) is 37.3. The van der Waals surface area contributed by atoms with Gasteiger partial charge >= 0.3 is 5.97 Å². The van der Waals surface area contributed by atoms with Crippen LogP contribution in [0.3, 0.4) is 0 Å². The van der Waals surface area contributed by atoms with Gasteiger partial charge in [-0.1, -0.05) is 18.2 Å². The maximum atomic E-state index is 13.1. The van der Waals surface area contributed by atoms with Gasteiger partial charge in [0.15, 0.2) is 6.29 Å². The molecule has 2 heterocycles. The van der Waals surface area contributed by atoms with Gasteiger partial charge < -0.3 is 19.5 Å². The summed E-state index contributed by atoms with van der Waals surface area (Å²) in [5.74, 6) is -1.10. The predicted molar refractivity (Wildman–Crippen MR) is 122 cm³/mol. The lowest BCUT2D eigenvalue weighted by Gasteiger charge is -2.23. The van der Waals surface area contributed by atoms with E-state index in [2.05, 4.69) is 5.32 Å². The average Bonchev–Trinajstić information content (AvgIpc) is 3.23. The minimum absolute atomic E-state index is 0.192. The molecular formula is C25H26N2O6. The highest BCUT2D eigenvalue weighted by molar-refractivity contribution is 6.14. The van der Waals surface area contributed by atoms with Crippen LogP contribution in [-0.4, -0.2) is 42.4 Å². The van der Waals surface area contributed by atoms with Crippen LogP contribution in [0.15, 0.2) is 48.7 Å². The lowest BCUT2D eigenvalue weighted by molar-refractivity contribution is -0.168. The van der Waals surface area contributed by atoms with E-state index >= 15 is 0 Å². The van der Waals surface area contributed by atoms with Crippen molar-refractivity contribution in [2.75, 3.05) is 19.0 Å². The van der Waals surface area contributed by atoms with Crippen LogP contribution in [0, 0.1) is 0 Å². The lowest BCUT2D eigenvalue weighted by Crippen LogP contribution is -2.22. The molecule has 0 spiro atoms. The second kappa shape index (κ2) is 9.97. The van der Waals surface area contributed by atoms with Gasteiger partial charge in [0, 0.05) is 30.8 Å². The van der Waals surface area contributed by atoms with Gasteiger partial charge in [-0.2, -0.15) is 0 Å². The number of nitrogens with one attached hydrogen (secondary N) is 1. The molecule has 33 heavy (non-hydrogen) atoms. The summed E-state index contributed by atoms with van der Waals surface area (Å²) >= 11 is 0. The molecule has 1 aliphatic rings. The van der Waals surface area contributed by atoms with Crippen molar-refractivity contribution in [2.45, 2.75) is 39.1 Å². The molecule has 1 unspecified atom stereocenters. The molecule has 1 aliphatic heterocycles. The van der Waals surface area contributed by atoms with Crippen LogP contribution in [0.4, 0.5) is 5.69 Å². The van der Waals surface area contributed by atoms with Crippen molar-refractivity contribution >= 4 is 34.4 Å². The number of hydrogen-bond donors (Lipinski definition) is 1. The molecule has 1 saturated heterocycles. The van der Waals surface area contributed by atoms with Crippen molar-refractivity contribution in [2.24, 2.45) is 0 Å². The normalized spacial score (nSPS) is 15.9. The Bertz CT molecular complexity index is 1190. The number of ether oxygens (including phenoxy) is 3. The molecule has 8 heteroatoms. The largest absolute Gasteiger partial charge is 0.465 e. The lowest BCUT2D eigenvalue weighted by atomic mass is 10.1. The molecule has 1 amide bonds. The van der Waals surface area contributed by atoms with Gasteiger partial charge in [-0.05, 0) is 49.1 Å². The van der Waals surface area contributed by atoms with E-state index in [0.29, 0.717) is 39.9 Å². The molecule has 3 aromatic rings. The number of aromatic nitrogens is 1. The fourth-order valence-corrected chi connectivity index (χ4v) is 3.93.